The van der Waals surface area contributed by atoms with E-state index in [2.05, 4.69) is 5.32 Å². The van der Waals surface area contributed by atoms with E-state index in [1.807, 2.05) is 0 Å². The summed E-state index contributed by atoms with van der Waals surface area (Å²) >= 11 is 0. The molecular formula is C5H9N. The highest BCUT2D eigenvalue weighted by atomic mass is 15.2. The van der Waals surface area contributed by atoms with Gasteiger partial charge in [0.2, 0.25) is 0 Å². The van der Waals surface area contributed by atoms with Gasteiger partial charge in [-0.25, -0.2) is 0 Å². The van der Waals surface area contributed by atoms with Gasteiger partial charge in [-0.1, -0.05) is 6.42 Å². The fourth-order valence-corrected chi connectivity index (χ4v) is 1.35. The molecule has 1 heteroatoms. The lowest BCUT2D eigenvalue weighted by Gasteiger charge is -1.82. The molecule has 0 unspecified atom stereocenters. The van der Waals surface area contributed by atoms with Crippen LogP contribution in [0.5, 0.6) is 0 Å². The summed E-state index contributed by atoms with van der Waals surface area (Å²) < 4.78 is 0. The zero-order valence-corrected chi connectivity index (χ0v) is 3.78. The van der Waals surface area contributed by atoms with E-state index in [0.29, 0.717) is 0 Å². The number of hydrogen-bond donors (Lipinski definition) is 1. The quantitative estimate of drug-likeness (QED) is 0.423. The van der Waals surface area contributed by atoms with Gasteiger partial charge < -0.3 is 5.32 Å². The zero-order chi connectivity index (χ0) is 3.98. The standard InChI is InChI=1S/C5H9N/c1-2-4-5(3-1)6-4/h4-6H,1-3H2/t4-,5-/m0/s1. The van der Waals surface area contributed by atoms with Gasteiger partial charge in [0.25, 0.3) is 0 Å². The lowest BCUT2D eigenvalue weighted by Crippen LogP contribution is -1.88. The van der Waals surface area contributed by atoms with Crippen LogP contribution in [0.15, 0.2) is 0 Å². The average molecular weight is 83.1 g/mol. The highest BCUT2D eigenvalue weighted by Crippen LogP contribution is 2.29. The van der Waals surface area contributed by atoms with Crippen LogP contribution in [0.4, 0.5) is 0 Å². The summed E-state index contributed by atoms with van der Waals surface area (Å²) in [5.41, 5.74) is 0. The Hall–Kier alpha value is -0.0400. The van der Waals surface area contributed by atoms with Gasteiger partial charge in [0, 0.05) is 12.1 Å². The minimum Gasteiger partial charge on any atom is -0.308 e. The molecule has 2 rings (SSSR count). The first kappa shape index (κ1) is 3.03. The number of rotatable bonds is 0. The number of piperidine rings is 1. The molecule has 1 aliphatic heterocycles. The molecular weight excluding hydrogens is 74.1 g/mol. The van der Waals surface area contributed by atoms with Crippen LogP contribution in [0.3, 0.4) is 0 Å². The number of hydrogen-bond acceptors (Lipinski definition) is 1. The van der Waals surface area contributed by atoms with Crippen molar-refractivity contribution in [3.63, 3.8) is 0 Å². The Kier molecular flexibility index (Phi) is 0.396. The van der Waals surface area contributed by atoms with E-state index >= 15 is 0 Å². The van der Waals surface area contributed by atoms with E-state index in [9.17, 15) is 0 Å². The molecule has 1 N–H and O–H groups in total. The number of nitrogens with one attached hydrogen (secondary N) is 1. The maximum absolute atomic E-state index is 3.37. The van der Waals surface area contributed by atoms with E-state index < -0.39 is 0 Å². The van der Waals surface area contributed by atoms with Crippen molar-refractivity contribution in [3.05, 3.63) is 0 Å². The van der Waals surface area contributed by atoms with Crippen molar-refractivity contribution >= 4 is 0 Å². The van der Waals surface area contributed by atoms with Crippen LogP contribution < -0.4 is 5.32 Å². The molecule has 0 bridgehead atoms. The summed E-state index contributed by atoms with van der Waals surface area (Å²) in [6.07, 6.45) is 4.37. The Labute approximate surface area is 37.7 Å². The van der Waals surface area contributed by atoms with E-state index in [0.717, 1.165) is 12.1 Å². The third kappa shape index (κ3) is 0.243. The van der Waals surface area contributed by atoms with Crippen LogP contribution in [0.1, 0.15) is 19.3 Å². The fraction of sp³-hybridized carbons (Fsp3) is 1.00. The SMILES string of the molecule is C1C[C@@H]2N[C@H]2C1. The summed E-state index contributed by atoms with van der Waals surface area (Å²) in [4.78, 5) is 0. The van der Waals surface area contributed by atoms with Crippen LogP contribution in [0.25, 0.3) is 0 Å². The van der Waals surface area contributed by atoms with Crippen LogP contribution in [0, 0.1) is 0 Å². The monoisotopic (exact) mass is 83.1 g/mol. The van der Waals surface area contributed by atoms with Gasteiger partial charge in [0.05, 0.1) is 0 Å². The molecule has 0 aromatic rings. The molecule has 1 saturated carbocycles. The molecule has 6 heavy (non-hydrogen) atoms. The Bertz CT molecular complexity index is 62.3. The predicted octanol–water partition coefficient (Wildman–Crippen LogP) is 0.511. The second-order valence-electron chi connectivity index (χ2n) is 2.31. The molecule has 34 valence electrons. The molecule has 0 aromatic carbocycles. The van der Waals surface area contributed by atoms with E-state index in [1.54, 1.807) is 0 Å². The van der Waals surface area contributed by atoms with Gasteiger partial charge >= 0.3 is 0 Å². The highest BCUT2D eigenvalue weighted by Gasteiger charge is 2.39. The maximum atomic E-state index is 3.37. The summed E-state index contributed by atoms with van der Waals surface area (Å²) in [7, 11) is 0. The van der Waals surface area contributed by atoms with Gasteiger partial charge in [-0.15, -0.1) is 0 Å². The second kappa shape index (κ2) is 0.784. The van der Waals surface area contributed by atoms with Crippen LogP contribution in [-0.4, -0.2) is 12.1 Å². The number of fused-ring (bicyclic) bond motifs is 1. The third-order valence-corrected chi connectivity index (χ3v) is 1.83. The normalized spacial score (nSPS) is 52.0. The largest absolute Gasteiger partial charge is 0.308 e. The molecule has 1 saturated heterocycles. The summed E-state index contributed by atoms with van der Waals surface area (Å²) in [5, 5.41) is 3.37. The molecule has 0 spiro atoms. The molecule has 1 aliphatic carbocycles. The van der Waals surface area contributed by atoms with Gasteiger partial charge in [-0.3, -0.25) is 0 Å². The van der Waals surface area contributed by atoms with Crippen molar-refractivity contribution < 1.29 is 0 Å². The van der Waals surface area contributed by atoms with Crippen LogP contribution >= 0.6 is 0 Å². The Balaban J connectivity index is 2.09. The minimum absolute atomic E-state index is 0.963. The Morgan fingerprint density at radius 1 is 1.17 bits per heavy atom. The van der Waals surface area contributed by atoms with Crippen molar-refractivity contribution in [2.24, 2.45) is 0 Å². The molecule has 2 aliphatic rings. The first-order chi connectivity index (χ1) is 2.97. The molecule has 0 aromatic heterocycles. The average Bonchev–Trinajstić information content (AvgIpc) is 2.17. The first-order valence-electron chi connectivity index (χ1n) is 2.73. The smallest absolute Gasteiger partial charge is 0.0224 e. The zero-order valence-electron chi connectivity index (χ0n) is 3.78. The topological polar surface area (TPSA) is 21.9 Å². The van der Waals surface area contributed by atoms with Crippen molar-refractivity contribution in [1.82, 2.24) is 5.32 Å². The highest BCUT2D eigenvalue weighted by molar-refractivity contribution is 5.02. The lowest BCUT2D eigenvalue weighted by molar-refractivity contribution is 0.742. The lowest BCUT2D eigenvalue weighted by atomic mass is 10.3. The Morgan fingerprint density at radius 3 is 2.00 bits per heavy atom. The molecule has 1 nitrogen and oxygen atoms in total. The van der Waals surface area contributed by atoms with Crippen molar-refractivity contribution in [3.8, 4) is 0 Å². The third-order valence-electron chi connectivity index (χ3n) is 1.83. The van der Waals surface area contributed by atoms with E-state index in [4.69, 9.17) is 0 Å². The molecule has 0 radical (unpaired) electrons. The predicted molar refractivity (Wildman–Crippen MR) is 24.6 cm³/mol. The molecule has 0 amide bonds. The van der Waals surface area contributed by atoms with E-state index in [-0.39, 0.29) is 0 Å². The van der Waals surface area contributed by atoms with Crippen LogP contribution in [-0.2, 0) is 0 Å². The van der Waals surface area contributed by atoms with Gasteiger partial charge in [0.1, 0.15) is 0 Å². The Morgan fingerprint density at radius 2 is 1.83 bits per heavy atom. The van der Waals surface area contributed by atoms with Crippen LogP contribution in [0.2, 0.25) is 0 Å². The van der Waals surface area contributed by atoms with Gasteiger partial charge in [-0.2, -0.15) is 0 Å². The second-order valence-corrected chi connectivity index (χ2v) is 2.31. The first-order valence-corrected chi connectivity index (χ1v) is 2.73. The van der Waals surface area contributed by atoms with Crippen molar-refractivity contribution in [1.29, 1.82) is 0 Å². The molecule has 2 atom stereocenters. The van der Waals surface area contributed by atoms with E-state index in [1.165, 1.54) is 19.3 Å². The van der Waals surface area contributed by atoms with Gasteiger partial charge in [-0.05, 0) is 12.8 Å². The maximum Gasteiger partial charge on any atom is 0.0224 e. The minimum atomic E-state index is 0.963. The summed E-state index contributed by atoms with van der Waals surface area (Å²) in [6.45, 7) is 0. The van der Waals surface area contributed by atoms with Crippen molar-refractivity contribution in [2.75, 3.05) is 0 Å². The summed E-state index contributed by atoms with van der Waals surface area (Å²) in [5.74, 6) is 0. The van der Waals surface area contributed by atoms with Crippen molar-refractivity contribution in [2.45, 2.75) is 31.3 Å². The molecule has 2 fully saturated rings. The summed E-state index contributed by atoms with van der Waals surface area (Å²) in [6, 6.07) is 1.93. The fourth-order valence-electron chi connectivity index (χ4n) is 1.35. The molecule has 1 heterocycles. The van der Waals surface area contributed by atoms with Gasteiger partial charge in [0.15, 0.2) is 0 Å².